The van der Waals surface area contributed by atoms with Crippen LogP contribution in [0.3, 0.4) is 0 Å². The fourth-order valence-electron chi connectivity index (χ4n) is 5.06. The van der Waals surface area contributed by atoms with Crippen LogP contribution in [0.4, 0.5) is 17.1 Å². The first-order valence-electron chi connectivity index (χ1n) is 13.4. The fourth-order valence-corrected chi connectivity index (χ4v) is 5.06. The Morgan fingerprint density at radius 1 is 1.10 bits per heavy atom. The maximum Gasteiger partial charge on any atom is 0.272 e. The molecular formula is C30H32N6O6. The van der Waals surface area contributed by atoms with E-state index >= 15 is 0 Å². The second-order valence-corrected chi connectivity index (χ2v) is 10.3. The predicted octanol–water partition coefficient (Wildman–Crippen LogP) is 3.72. The van der Waals surface area contributed by atoms with E-state index in [1.807, 2.05) is 0 Å². The van der Waals surface area contributed by atoms with Gasteiger partial charge in [-0.05, 0) is 31.0 Å². The Balaban J connectivity index is 1.15. The van der Waals surface area contributed by atoms with Crippen molar-refractivity contribution in [3.8, 4) is 11.5 Å². The third-order valence-electron chi connectivity index (χ3n) is 7.20. The molecule has 0 saturated carbocycles. The van der Waals surface area contributed by atoms with Crippen LogP contribution in [0.2, 0.25) is 0 Å². The molecule has 1 saturated heterocycles. The van der Waals surface area contributed by atoms with Gasteiger partial charge >= 0.3 is 0 Å². The molecule has 0 aliphatic carbocycles. The van der Waals surface area contributed by atoms with Crippen LogP contribution in [0.15, 0.2) is 53.8 Å². The van der Waals surface area contributed by atoms with Gasteiger partial charge in [-0.3, -0.25) is 24.2 Å². The minimum absolute atomic E-state index is 0.109. The highest BCUT2D eigenvalue weighted by Gasteiger charge is 2.34. The standard InChI is InChI=1S/C30H32N6O6/c1-18-8-21-13-31-24-12-27(26(41-4)11-23(24)30(40)36(21)14-18)42-7-5-6-28(38)32-20-10-25(35(3)16-20)29(39)33-19-9-22(17-37)34(2)15-19/h9-13,15-17,21H,1,5-8,14H2,2-4H3,(H,32,38)(H,33,39). The number of hydrogen-bond acceptors (Lipinski definition) is 7. The third-order valence-corrected chi connectivity index (χ3v) is 7.20. The monoisotopic (exact) mass is 572 g/mol. The molecule has 12 heteroatoms. The average Bonchev–Trinajstić information content (AvgIpc) is 3.61. The second-order valence-electron chi connectivity index (χ2n) is 10.3. The number of benzene rings is 1. The van der Waals surface area contributed by atoms with Crippen molar-refractivity contribution in [3.05, 3.63) is 65.8 Å². The Morgan fingerprint density at radius 3 is 2.60 bits per heavy atom. The molecule has 2 N–H and O–H groups in total. The Morgan fingerprint density at radius 2 is 1.86 bits per heavy atom. The van der Waals surface area contributed by atoms with E-state index in [1.165, 1.54) is 7.11 Å². The van der Waals surface area contributed by atoms with Crippen molar-refractivity contribution >= 4 is 47.3 Å². The molecule has 1 fully saturated rings. The zero-order chi connectivity index (χ0) is 30.0. The average molecular weight is 573 g/mol. The first kappa shape index (κ1) is 28.4. The Labute approximate surface area is 242 Å². The molecule has 3 amide bonds. The van der Waals surface area contributed by atoms with Gasteiger partial charge in [0.05, 0.1) is 48.1 Å². The first-order valence-corrected chi connectivity index (χ1v) is 13.4. The number of fused-ring (bicyclic) bond motifs is 2. The van der Waals surface area contributed by atoms with Gasteiger partial charge in [-0.25, -0.2) is 0 Å². The van der Waals surface area contributed by atoms with Crippen LogP contribution < -0.4 is 20.1 Å². The maximum absolute atomic E-state index is 13.1. The number of ether oxygens (including phenoxy) is 2. The molecule has 1 unspecified atom stereocenters. The number of nitrogens with zero attached hydrogens (tertiary/aromatic N) is 4. The van der Waals surface area contributed by atoms with Crippen molar-refractivity contribution in [2.45, 2.75) is 25.3 Å². The normalized spacial score (nSPS) is 15.6. The number of aryl methyl sites for hydroxylation is 2. The topological polar surface area (TPSA) is 136 Å². The lowest BCUT2D eigenvalue weighted by Crippen LogP contribution is -2.35. The van der Waals surface area contributed by atoms with Crippen molar-refractivity contribution < 1.29 is 28.7 Å². The van der Waals surface area contributed by atoms with Crippen LogP contribution in [0.25, 0.3) is 0 Å². The smallest absolute Gasteiger partial charge is 0.272 e. The molecule has 218 valence electrons. The minimum Gasteiger partial charge on any atom is -0.493 e. The van der Waals surface area contributed by atoms with Crippen LogP contribution >= 0.6 is 0 Å². The zero-order valence-electron chi connectivity index (χ0n) is 23.7. The lowest BCUT2D eigenvalue weighted by atomic mass is 10.1. The van der Waals surface area contributed by atoms with E-state index in [0.717, 1.165) is 5.57 Å². The highest BCUT2D eigenvalue weighted by atomic mass is 16.5. The van der Waals surface area contributed by atoms with E-state index < -0.39 is 0 Å². The van der Waals surface area contributed by atoms with Gasteiger partial charge in [0, 0.05) is 51.7 Å². The summed E-state index contributed by atoms with van der Waals surface area (Å²) in [5.74, 6) is 0.111. The largest absolute Gasteiger partial charge is 0.493 e. The van der Waals surface area contributed by atoms with E-state index in [9.17, 15) is 19.2 Å². The van der Waals surface area contributed by atoms with Crippen LogP contribution in [0.1, 0.15) is 50.6 Å². The van der Waals surface area contributed by atoms with Gasteiger partial charge in [0.25, 0.3) is 11.8 Å². The van der Waals surface area contributed by atoms with Crippen LogP contribution in [-0.2, 0) is 18.9 Å². The highest BCUT2D eigenvalue weighted by Crippen LogP contribution is 2.38. The van der Waals surface area contributed by atoms with Crippen LogP contribution in [0.5, 0.6) is 11.5 Å². The minimum atomic E-state index is -0.374. The quantitative estimate of drug-likeness (QED) is 0.216. The summed E-state index contributed by atoms with van der Waals surface area (Å²) in [5.41, 5.74) is 3.70. The molecule has 0 bridgehead atoms. The summed E-state index contributed by atoms with van der Waals surface area (Å²) in [6, 6.07) is 6.37. The predicted molar refractivity (Wildman–Crippen MR) is 157 cm³/mol. The number of rotatable bonds is 10. The molecule has 42 heavy (non-hydrogen) atoms. The van der Waals surface area contributed by atoms with Gasteiger partial charge in [-0.1, -0.05) is 12.2 Å². The molecule has 1 atom stereocenters. The van der Waals surface area contributed by atoms with E-state index in [-0.39, 0.29) is 36.8 Å². The van der Waals surface area contributed by atoms with Crippen LogP contribution in [0, 0.1) is 0 Å². The molecule has 2 aliphatic heterocycles. The molecule has 12 nitrogen and oxygen atoms in total. The zero-order valence-corrected chi connectivity index (χ0v) is 23.7. The first-order chi connectivity index (χ1) is 20.2. The van der Waals surface area contributed by atoms with Crippen molar-refractivity contribution in [2.24, 2.45) is 19.1 Å². The molecule has 2 aromatic heterocycles. The second kappa shape index (κ2) is 11.8. The Kier molecular flexibility index (Phi) is 7.96. The van der Waals surface area contributed by atoms with Gasteiger partial charge in [0.2, 0.25) is 5.91 Å². The lowest BCUT2D eigenvalue weighted by Gasteiger charge is -2.20. The van der Waals surface area contributed by atoms with Gasteiger partial charge in [-0.15, -0.1) is 0 Å². The van der Waals surface area contributed by atoms with Crippen molar-refractivity contribution in [1.29, 1.82) is 0 Å². The number of aromatic nitrogens is 2. The number of aliphatic imine (C=N–C) groups is 1. The van der Waals surface area contributed by atoms with Gasteiger partial charge in [0.1, 0.15) is 5.69 Å². The highest BCUT2D eigenvalue weighted by molar-refractivity contribution is 6.05. The number of nitrogens with one attached hydrogen (secondary N) is 2. The van der Waals surface area contributed by atoms with Crippen molar-refractivity contribution in [3.63, 3.8) is 0 Å². The molecule has 5 rings (SSSR count). The van der Waals surface area contributed by atoms with Crippen molar-refractivity contribution in [1.82, 2.24) is 14.0 Å². The molecule has 0 spiro atoms. The molecule has 1 aromatic carbocycles. The molecule has 3 aromatic rings. The van der Waals surface area contributed by atoms with E-state index in [1.54, 1.807) is 71.0 Å². The number of amides is 3. The van der Waals surface area contributed by atoms with E-state index in [0.29, 0.717) is 71.2 Å². The molecule has 0 radical (unpaired) electrons. The lowest BCUT2D eigenvalue weighted by molar-refractivity contribution is -0.116. The summed E-state index contributed by atoms with van der Waals surface area (Å²) in [5, 5.41) is 5.56. The number of aldehydes is 1. The van der Waals surface area contributed by atoms with Crippen LogP contribution in [-0.4, -0.2) is 70.6 Å². The number of anilines is 2. The number of methoxy groups -OCH3 is 1. The summed E-state index contributed by atoms with van der Waals surface area (Å²) in [4.78, 5) is 55.8. The van der Waals surface area contributed by atoms with Gasteiger partial charge in [0.15, 0.2) is 17.8 Å². The van der Waals surface area contributed by atoms with Gasteiger partial charge < -0.3 is 34.1 Å². The summed E-state index contributed by atoms with van der Waals surface area (Å²) < 4.78 is 14.6. The maximum atomic E-state index is 13.1. The number of hydrogen-bond donors (Lipinski definition) is 2. The molecular weight excluding hydrogens is 540 g/mol. The Hall–Kier alpha value is -5.13. The summed E-state index contributed by atoms with van der Waals surface area (Å²) in [6.07, 6.45) is 7.06. The van der Waals surface area contributed by atoms with E-state index in [2.05, 4.69) is 22.2 Å². The molecule has 2 aliphatic rings. The molecule has 4 heterocycles. The van der Waals surface area contributed by atoms with Crippen molar-refractivity contribution in [2.75, 3.05) is 30.9 Å². The summed E-state index contributed by atoms with van der Waals surface area (Å²) in [7, 11) is 4.91. The van der Waals surface area contributed by atoms with E-state index in [4.69, 9.17) is 9.47 Å². The SMILES string of the molecule is C=C1CC2C=Nc3cc(OCCCC(=O)Nc4cc(C(=O)Nc5cc(C=O)n(C)c5)n(C)c4)c(OC)cc3C(=O)N2C1. The van der Waals surface area contributed by atoms with Gasteiger partial charge in [-0.2, -0.15) is 0 Å². The third kappa shape index (κ3) is 5.82. The fraction of sp³-hybridized carbons (Fsp3) is 0.300. The number of carbonyl (C=O) groups is 4. The summed E-state index contributed by atoms with van der Waals surface area (Å²) in [6.45, 7) is 4.74. The Bertz CT molecular complexity index is 1620. The summed E-state index contributed by atoms with van der Waals surface area (Å²) >= 11 is 0. The number of carbonyl (C=O) groups excluding carboxylic acids is 4.